The van der Waals surface area contributed by atoms with Crippen molar-refractivity contribution in [3.05, 3.63) is 30.5 Å². The number of amides is 1. The number of nitrogens with two attached hydrogens (primary N) is 1. The third-order valence-corrected chi connectivity index (χ3v) is 14.8. The summed E-state index contributed by atoms with van der Waals surface area (Å²) in [5.74, 6) is -3.42. The predicted octanol–water partition coefficient (Wildman–Crippen LogP) is 4.09. The number of cyclic esters (lactones) is 1. The van der Waals surface area contributed by atoms with Gasteiger partial charge in [-0.15, -0.1) is 5.10 Å². The smallest absolute Gasteiger partial charge is 0.410 e. The number of hydrogen-bond donors (Lipinski definition) is 3. The molecule has 1 amide bonds. The van der Waals surface area contributed by atoms with Crippen LogP contribution in [0.4, 0.5) is 10.5 Å². The van der Waals surface area contributed by atoms with E-state index in [2.05, 4.69) is 22.6 Å². The summed E-state index contributed by atoms with van der Waals surface area (Å²) in [6.45, 7) is 16.5. The molecule has 3 aliphatic heterocycles. The van der Waals surface area contributed by atoms with Crippen LogP contribution >= 0.6 is 0 Å². The van der Waals surface area contributed by atoms with Crippen LogP contribution in [0, 0.1) is 17.8 Å². The number of likely N-dealkylation sites (N-methyl/N-ethyl adjacent to an activating group) is 1. The molecule has 4 N–H and O–H groups in total. The van der Waals surface area contributed by atoms with Gasteiger partial charge in [0.2, 0.25) is 0 Å². The number of unbranched alkanes of at least 4 members (excludes halogenated alkanes) is 1. The number of methoxy groups -OCH3 is 1. The molecule has 0 spiro atoms. The fourth-order valence-corrected chi connectivity index (χ4v) is 10.8. The van der Waals surface area contributed by atoms with Crippen LogP contribution in [0.3, 0.4) is 0 Å². The molecule has 366 valence electrons. The van der Waals surface area contributed by atoms with E-state index in [0.717, 1.165) is 5.56 Å². The second-order valence-corrected chi connectivity index (χ2v) is 21.5. The first kappa shape index (κ1) is 52.3. The molecule has 1 aromatic carbocycles. The Bertz CT molecular complexity index is 2040. The molecule has 5 rings (SSSR count). The fourth-order valence-electron chi connectivity index (χ4n) is 10.1. The molecule has 0 bridgehead atoms. The molecule has 0 aliphatic carbocycles. The van der Waals surface area contributed by atoms with Crippen LogP contribution in [0.1, 0.15) is 93.9 Å². The Kier molecular flexibility index (Phi) is 17.6. The van der Waals surface area contributed by atoms with Crippen molar-refractivity contribution in [2.45, 2.75) is 160 Å². The first-order chi connectivity index (χ1) is 30.5. The number of nitrogen functional groups attached to an aromatic ring is 1. The number of esters is 1. The van der Waals surface area contributed by atoms with Crippen LogP contribution in [0.25, 0.3) is 11.3 Å². The van der Waals surface area contributed by atoms with Gasteiger partial charge in [-0.3, -0.25) is 19.2 Å². The van der Waals surface area contributed by atoms with E-state index in [1.54, 1.807) is 30.5 Å². The maximum Gasteiger partial charge on any atom is 0.410 e. The van der Waals surface area contributed by atoms with Gasteiger partial charge in [-0.2, -0.15) is 0 Å². The number of ether oxygens (including phenoxy) is 5. The van der Waals surface area contributed by atoms with Crippen LogP contribution in [-0.2, 0) is 49.7 Å². The Labute approximate surface area is 385 Å². The van der Waals surface area contributed by atoms with Crippen LogP contribution in [0.2, 0.25) is 0 Å². The van der Waals surface area contributed by atoms with E-state index < -0.39 is 87.4 Å². The number of rotatable bonds is 15. The van der Waals surface area contributed by atoms with E-state index in [0.29, 0.717) is 76.1 Å². The van der Waals surface area contributed by atoms with Gasteiger partial charge >= 0.3 is 12.1 Å². The number of carbonyl (C=O) groups is 3. The summed E-state index contributed by atoms with van der Waals surface area (Å²) in [6, 6.07) is 6.15. The summed E-state index contributed by atoms with van der Waals surface area (Å²) in [5, 5.41) is 24.1. The number of carbonyl (C=O) groups excluding carboxylic acids is 3. The third-order valence-electron chi connectivity index (χ3n) is 13.7. The lowest BCUT2D eigenvalue weighted by atomic mass is 9.78. The van der Waals surface area contributed by atoms with E-state index in [1.807, 2.05) is 70.1 Å². The molecule has 65 heavy (non-hydrogen) atoms. The second kappa shape index (κ2) is 21.9. The summed E-state index contributed by atoms with van der Waals surface area (Å²) in [6.07, 6.45) is 0.940. The number of nitrogens with one attached hydrogen (secondary N) is 1. The number of aliphatic hydroxyl groups excluding tert-OH is 1. The SMILES string of the molecule is CC[C@H]1OC(=O)[C@H](C)C(=O)[C@H](C)[C@@H](O[C@@H]2OC(C)CC(N(C)CCCS(C)(=O)=O)C2O)[C@](C)(OC)C[C@@H](C)CN[C@H](C)[C@H]2N(CCCCn3cc(-c4cccc(N)c4)nn3)C(=O)O[C@]12C. The summed E-state index contributed by atoms with van der Waals surface area (Å²) in [4.78, 5) is 46.2. The molecule has 18 nitrogen and oxygen atoms in total. The van der Waals surface area contributed by atoms with E-state index in [9.17, 15) is 27.9 Å². The van der Waals surface area contributed by atoms with E-state index >= 15 is 0 Å². The van der Waals surface area contributed by atoms with Crippen molar-refractivity contribution < 1.29 is 51.6 Å². The average Bonchev–Trinajstić information content (AvgIpc) is 3.83. The van der Waals surface area contributed by atoms with Gasteiger partial charge in [0.05, 0.1) is 35.8 Å². The van der Waals surface area contributed by atoms with Crippen molar-refractivity contribution in [1.29, 1.82) is 0 Å². The van der Waals surface area contributed by atoms with Gasteiger partial charge in [-0.05, 0) is 111 Å². The molecule has 13 atom stereocenters. The van der Waals surface area contributed by atoms with Crippen molar-refractivity contribution in [1.82, 2.24) is 30.1 Å². The number of Topliss-reactive ketones (excluding diaryl/α,β-unsaturated/α-hetero) is 1. The molecular formula is C46H75N7O11S. The van der Waals surface area contributed by atoms with Crippen LogP contribution in [0.5, 0.6) is 0 Å². The first-order valence-electron chi connectivity index (χ1n) is 23.2. The van der Waals surface area contributed by atoms with Crippen molar-refractivity contribution in [3.63, 3.8) is 0 Å². The lowest BCUT2D eigenvalue weighted by Gasteiger charge is -2.47. The number of hydrogen-bond acceptors (Lipinski definition) is 16. The van der Waals surface area contributed by atoms with Gasteiger partial charge in [0, 0.05) is 55.7 Å². The summed E-state index contributed by atoms with van der Waals surface area (Å²) < 4.78 is 57.1. The van der Waals surface area contributed by atoms with Gasteiger partial charge in [0.25, 0.3) is 0 Å². The quantitative estimate of drug-likeness (QED) is 0.0990. The van der Waals surface area contributed by atoms with E-state index in [1.165, 1.54) is 13.2 Å². The largest absolute Gasteiger partial charge is 0.458 e. The number of nitrogens with zero attached hydrogens (tertiary/aromatic N) is 5. The molecule has 2 aromatic rings. The minimum absolute atomic E-state index is 0.0223. The zero-order valence-corrected chi connectivity index (χ0v) is 41.1. The summed E-state index contributed by atoms with van der Waals surface area (Å²) in [7, 11) is 0.233. The topological polar surface area (TPSA) is 227 Å². The second-order valence-electron chi connectivity index (χ2n) is 19.3. The molecule has 0 radical (unpaired) electrons. The standard InChI is InChI=1S/C46H75N7O11S/c1-12-37-46(8)40(53(44(57)64-46)21-14-13-20-52-27-35(49-50-52)33-17-15-18-34(47)24-33)32(6)48-26-28(2)25-45(7,60-10)41(30(4)38(54)31(5)42(56)62-37)63-43-39(55)36(23-29(3)61-43)51(9)19-16-22-65(11,58)59/h15,17-18,24,27-32,36-37,39-41,43,48,55H,12-14,16,19-23,25-26,47H2,1-11H3/t28-,29?,30+,31-,32-,36?,37-,39?,40-,41-,43+,45-,46-/m1/s1. The minimum Gasteiger partial charge on any atom is -0.458 e. The number of fused-ring (bicyclic) bond motifs is 1. The first-order valence-corrected chi connectivity index (χ1v) is 25.2. The molecule has 1 aromatic heterocycles. The third kappa shape index (κ3) is 12.6. The zero-order valence-electron chi connectivity index (χ0n) is 40.3. The highest BCUT2D eigenvalue weighted by Crippen LogP contribution is 2.40. The van der Waals surface area contributed by atoms with Gasteiger partial charge in [0.15, 0.2) is 17.7 Å². The predicted molar refractivity (Wildman–Crippen MR) is 245 cm³/mol. The number of aliphatic hydroxyl groups is 1. The number of anilines is 1. The summed E-state index contributed by atoms with van der Waals surface area (Å²) in [5.41, 5.74) is 5.80. The Morgan fingerprint density at radius 1 is 1.08 bits per heavy atom. The Balaban J connectivity index is 1.36. The molecular weight excluding hydrogens is 859 g/mol. The lowest BCUT2D eigenvalue weighted by molar-refractivity contribution is -0.296. The number of sulfone groups is 1. The Morgan fingerprint density at radius 3 is 2.45 bits per heavy atom. The molecule has 3 unspecified atom stereocenters. The average molecular weight is 934 g/mol. The van der Waals surface area contributed by atoms with E-state index in [4.69, 9.17) is 29.4 Å². The molecule has 3 aliphatic rings. The zero-order chi connectivity index (χ0) is 48.0. The number of aryl methyl sites for hydroxylation is 1. The monoisotopic (exact) mass is 934 g/mol. The number of aromatic nitrogens is 3. The van der Waals surface area contributed by atoms with Crippen molar-refractivity contribution in [3.8, 4) is 11.3 Å². The highest BCUT2D eigenvalue weighted by molar-refractivity contribution is 7.90. The Morgan fingerprint density at radius 2 is 1.78 bits per heavy atom. The van der Waals surface area contributed by atoms with Gasteiger partial charge in [-0.25, -0.2) is 13.2 Å². The van der Waals surface area contributed by atoms with Gasteiger partial charge in [0.1, 0.15) is 33.7 Å². The molecule has 0 saturated carbocycles. The van der Waals surface area contributed by atoms with Crippen LogP contribution in [0.15, 0.2) is 30.5 Å². The highest BCUT2D eigenvalue weighted by atomic mass is 32.2. The maximum atomic E-state index is 14.5. The van der Waals surface area contributed by atoms with Gasteiger partial charge in [-0.1, -0.05) is 38.1 Å². The Hall–Kier alpha value is -3.72. The molecule has 3 fully saturated rings. The van der Waals surface area contributed by atoms with Crippen LogP contribution in [-0.4, -0.2) is 162 Å². The normalized spacial score (nSPS) is 34.4. The maximum absolute atomic E-state index is 14.5. The highest BCUT2D eigenvalue weighted by Gasteiger charge is 2.58. The minimum atomic E-state index is -3.16. The number of benzene rings is 1. The van der Waals surface area contributed by atoms with Crippen molar-refractivity contribution in [2.24, 2.45) is 17.8 Å². The molecule has 3 saturated heterocycles. The van der Waals surface area contributed by atoms with Crippen molar-refractivity contribution in [2.75, 3.05) is 51.5 Å². The molecule has 19 heteroatoms. The lowest BCUT2D eigenvalue weighted by Crippen LogP contribution is -2.61. The van der Waals surface area contributed by atoms with E-state index in [-0.39, 0.29) is 23.8 Å². The number of ketones is 1. The van der Waals surface area contributed by atoms with Crippen molar-refractivity contribution >= 4 is 33.4 Å². The fraction of sp³-hybridized carbons (Fsp3) is 0.761. The van der Waals surface area contributed by atoms with Gasteiger partial charge < -0.3 is 44.7 Å². The summed E-state index contributed by atoms with van der Waals surface area (Å²) >= 11 is 0. The van der Waals surface area contributed by atoms with Crippen LogP contribution < -0.4 is 11.1 Å². The molecule has 4 heterocycles.